The van der Waals surface area contributed by atoms with Crippen LogP contribution < -0.4 is 0 Å². The number of carbonyl (C=O) groups is 1. The van der Waals surface area contributed by atoms with Gasteiger partial charge in [-0.25, -0.2) is 4.79 Å². The van der Waals surface area contributed by atoms with Gasteiger partial charge in [0.2, 0.25) is 0 Å². The molecule has 2 rings (SSSR count). The Bertz CT molecular complexity index is 627. The first kappa shape index (κ1) is 11.5. The van der Waals surface area contributed by atoms with Crippen LogP contribution in [0.25, 0.3) is 10.8 Å². The molecule has 0 aromatic heterocycles. The highest BCUT2D eigenvalue weighted by Gasteiger charge is 2.13. The molecular formula is C14H14O3. The summed E-state index contributed by atoms with van der Waals surface area (Å²) in [5.74, 6) is -0.679. The number of fused-ring (bicyclic) bond motifs is 1. The lowest BCUT2D eigenvalue weighted by Gasteiger charge is -2.11. The second kappa shape index (κ2) is 3.77. The van der Waals surface area contributed by atoms with Crippen LogP contribution in [0.15, 0.2) is 18.2 Å². The van der Waals surface area contributed by atoms with Crippen molar-refractivity contribution in [3.63, 3.8) is 0 Å². The summed E-state index contributed by atoms with van der Waals surface area (Å²) >= 11 is 0. The fourth-order valence-corrected chi connectivity index (χ4v) is 2.10. The Morgan fingerprint density at radius 3 is 2.24 bits per heavy atom. The average Bonchev–Trinajstić information content (AvgIpc) is 2.25. The van der Waals surface area contributed by atoms with Crippen molar-refractivity contribution in [2.75, 3.05) is 0 Å². The smallest absolute Gasteiger partial charge is 0.335 e. The van der Waals surface area contributed by atoms with Gasteiger partial charge in [0.05, 0.1) is 5.56 Å². The van der Waals surface area contributed by atoms with Gasteiger partial charge < -0.3 is 10.2 Å². The van der Waals surface area contributed by atoms with Crippen LogP contribution in [0.1, 0.15) is 27.0 Å². The molecule has 0 radical (unpaired) electrons. The van der Waals surface area contributed by atoms with Crippen molar-refractivity contribution in [3.8, 4) is 5.75 Å². The van der Waals surface area contributed by atoms with Gasteiger partial charge in [0.15, 0.2) is 0 Å². The van der Waals surface area contributed by atoms with E-state index in [1.165, 1.54) is 0 Å². The summed E-state index contributed by atoms with van der Waals surface area (Å²) in [5.41, 5.74) is 2.67. The molecule has 2 aromatic carbocycles. The normalized spacial score (nSPS) is 10.8. The maximum Gasteiger partial charge on any atom is 0.335 e. The number of hydrogen-bond donors (Lipinski definition) is 2. The molecule has 3 nitrogen and oxygen atoms in total. The minimum atomic E-state index is -0.918. The summed E-state index contributed by atoms with van der Waals surface area (Å²) in [7, 11) is 0. The summed E-state index contributed by atoms with van der Waals surface area (Å²) in [6.07, 6.45) is 0. The highest BCUT2D eigenvalue weighted by Crippen LogP contribution is 2.31. The quantitative estimate of drug-likeness (QED) is 0.791. The maximum atomic E-state index is 11.1. The van der Waals surface area contributed by atoms with E-state index in [-0.39, 0.29) is 5.75 Å². The predicted octanol–water partition coefficient (Wildman–Crippen LogP) is 3.17. The Kier molecular flexibility index (Phi) is 2.54. The van der Waals surface area contributed by atoms with Crippen LogP contribution >= 0.6 is 0 Å². The third-order valence-electron chi connectivity index (χ3n) is 3.16. The molecular weight excluding hydrogens is 216 g/mol. The van der Waals surface area contributed by atoms with Crippen molar-refractivity contribution in [2.45, 2.75) is 20.8 Å². The molecule has 0 aliphatic carbocycles. The van der Waals surface area contributed by atoms with Crippen LogP contribution in [-0.2, 0) is 0 Å². The van der Waals surface area contributed by atoms with Crippen LogP contribution in [0, 0.1) is 20.8 Å². The fourth-order valence-electron chi connectivity index (χ4n) is 2.10. The van der Waals surface area contributed by atoms with Gasteiger partial charge in [-0.1, -0.05) is 0 Å². The molecule has 0 bridgehead atoms. The molecule has 0 fully saturated rings. The van der Waals surface area contributed by atoms with Crippen LogP contribution in [0.5, 0.6) is 5.75 Å². The van der Waals surface area contributed by atoms with Gasteiger partial charge >= 0.3 is 5.97 Å². The summed E-state index contributed by atoms with van der Waals surface area (Å²) in [6, 6.07) is 5.17. The first-order chi connectivity index (χ1) is 7.91. The van der Waals surface area contributed by atoms with E-state index in [9.17, 15) is 9.90 Å². The Morgan fingerprint density at radius 1 is 1.00 bits per heavy atom. The van der Waals surface area contributed by atoms with Gasteiger partial charge in [0.1, 0.15) is 5.75 Å². The number of carboxylic acids is 1. The van der Waals surface area contributed by atoms with Gasteiger partial charge in [0.25, 0.3) is 0 Å². The molecule has 0 saturated carbocycles. The topological polar surface area (TPSA) is 57.5 Å². The lowest BCUT2D eigenvalue weighted by Crippen LogP contribution is -2.01. The van der Waals surface area contributed by atoms with E-state index < -0.39 is 5.97 Å². The van der Waals surface area contributed by atoms with Gasteiger partial charge in [-0.3, -0.25) is 0 Å². The summed E-state index contributed by atoms with van der Waals surface area (Å²) < 4.78 is 0. The SMILES string of the molecule is Cc1cc2c(C)c(C(=O)O)cc(C)c2cc1O. The summed E-state index contributed by atoms with van der Waals surface area (Å²) in [4.78, 5) is 11.1. The third kappa shape index (κ3) is 1.73. The Hall–Kier alpha value is -2.03. The van der Waals surface area contributed by atoms with E-state index in [0.29, 0.717) is 5.56 Å². The summed E-state index contributed by atoms with van der Waals surface area (Å²) in [6.45, 7) is 5.45. The molecule has 0 atom stereocenters. The largest absolute Gasteiger partial charge is 0.508 e. The Labute approximate surface area is 99.3 Å². The molecule has 0 spiro atoms. The number of aromatic hydroxyl groups is 1. The van der Waals surface area contributed by atoms with E-state index in [1.807, 2.05) is 13.0 Å². The van der Waals surface area contributed by atoms with Crippen molar-refractivity contribution in [2.24, 2.45) is 0 Å². The van der Waals surface area contributed by atoms with Crippen molar-refractivity contribution in [1.82, 2.24) is 0 Å². The minimum Gasteiger partial charge on any atom is -0.508 e. The molecule has 0 unspecified atom stereocenters. The zero-order valence-corrected chi connectivity index (χ0v) is 10.0. The van der Waals surface area contributed by atoms with Crippen molar-refractivity contribution < 1.29 is 15.0 Å². The second-order valence-corrected chi connectivity index (χ2v) is 4.36. The van der Waals surface area contributed by atoms with Crippen molar-refractivity contribution in [3.05, 3.63) is 40.5 Å². The van der Waals surface area contributed by atoms with E-state index in [0.717, 1.165) is 27.5 Å². The number of aryl methyl sites for hydroxylation is 3. The first-order valence-electron chi connectivity index (χ1n) is 5.38. The molecule has 17 heavy (non-hydrogen) atoms. The molecule has 3 heteroatoms. The lowest BCUT2D eigenvalue weighted by molar-refractivity contribution is 0.0696. The number of carboxylic acid groups (broad SMARTS) is 1. The van der Waals surface area contributed by atoms with Crippen LogP contribution in [0.2, 0.25) is 0 Å². The molecule has 0 saturated heterocycles. The van der Waals surface area contributed by atoms with Gasteiger partial charge in [0, 0.05) is 0 Å². The number of aromatic carboxylic acids is 1. The van der Waals surface area contributed by atoms with E-state index in [4.69, 9.17) is 5.11 Å². The monoisotopic (exact) mass is 230 g/mol. The van der Waals surface area contributed by atoms with Crippen LogP contribution in [0.4, 0.5) is 0 Å². The minimum absolute atomic E-state index is 0.239. The lowest BCUT2D eigenvalue weighted by atomic mass is 9.94. The average molecular weight is 230 g/mol. The predicted molar refractivity (Wildman–Crippen MR) is 66.8 cm³/mol. The zero-order valence-electron chi connectivity index (χ0n) is 10.0. The van der Waals surface area contributed by atoms with E-state index in [2.05, 4.69) is 0 Å². The standard InChI is InChI=1S/C14H14O3/c1-7-4-12(14(16)17)9(3)11-5-8(2)13(15)6-10(7)11/h4-6,15H,1-3H3,(H,16,17). The molecule has 0 amide bonds. The zero-order chi connectivity index (χ0) is 12.7. The third-order valence-corrected chi connectivity index (χ3v) is 3.16. The van der Waals surface area contributed by atoms with Gasteiger partial charge in [-0.2, -0.15) is 0 Å². The molecule has 0 heterocycles. The number of rotatable bonds is 1. The van der Waals surface area contributed by atoms with Gasteiger partial charge in [-0.05, 0) is 66.4 Å². The molecule has 0 aliphatic heterocycles. The van der Waals surface area contributed by atoms with Crippen LogP contribution in [-0.4, -0.2) is 16.2 Å². The number of phenols is 1. The Balaban J connectivity index is 2.94. The van der Waals surface area contributed by atoms with Gasteiger partial charge in [-0.15, -0.1) is 0 Å². The number of benzene rings is 2. The van der Waals surface area contributed by atoms with E-state index in [1.54, 1.807) is 26.0 Å². The molecule has 2 N–H and O–H groups in total. The highest BCUT2D eigenvalue weighted by atomic mass is 16.4. The number of hydrogen-bond acceptors (Lipinski definition) is 2. The maximum absolute atomic E-state index is 11.1. The van der Waals surface area contributed by atoms with Crippen molar-refractivity contribution in [1.29, 1.82) is 0 Å². The highest BCUT2D eigenvalue weighted by molar-refractivity contribution is 6.00. The molecule has 2 aromatic rings. The molecule has 88 valence electrons. The first-order valence-corrected chi connectivity index (χ1v) is 5.38. The van der Waals surface area contributed by atoms with Crippen LogP contribution in [0.3, 0.4) is 0 Å². The summed E-state index contributed by atoms with van der Waals surface area (Å²) in [5, 5.41) is 20.6. The van der Waals surface area contributed by atoms with Crippen molar-refractivity contribution >= 4 is 16.7 Å². The Morgan fingerprint density at radius 2 is 1.65 bits per heavy atom. The van der Waals surface area contributed by atoms with E-state index >= 15 is 0 Å². The second-order valence-electron chi connectivity index (χ2n) is 4.36. The number of phenolic OH excluding ortho intramolecular Hbond substituents is 1. The molecule has 0 aliphatic rings. The fraction of sp³-hybridized carbons (Fsp3) is 0.214.